The second kappa shape index (κ2) is 7.43. The number of hydrogen-bond acceptors (Lipinski definition) is 5. The third-order valence-electron chi connectivity index (χ3n) is 4.62. The lowest BCUT2D eigenvalue weighted by atomic mass is 10.2. The number of aromatic nitrogens is 3. The van der Waals surface area contributed by atoms with E-state index in [-0.39, 0.29) is 19.1 Å². The van der Waals surface area contributed by atoms with Crippen LogP contribution in [-0.4, -0.2) is 29.3 Å². The first kappa shape index (κ1) is 20.4. The van der Waals surface area contributed by atoms with Gasteiger partial charge in [0.1, 0.15) is 0 Å². The molecule has 1 aromatic carbocycles. The number of benzene rings is 1. The summed E-state index contributed by atoms with van der Waals surface area (Å²) in [4.78, 5) is 11.8. The summed E-state index contributed by atoms with van der Waals surface area (Å²) in [5.74, 6) is 0.732. The summed E-state index contributed by atoms with van der Waals surface area (Å²) >= 11 is 0. The highest BCUT2D eigenvalue weighted by atomic mass is 32.2. The van der Waals surface area contributed by atoms with Crippen LogP contribution in [0, 0.1) is 0 Å². The molecule has 0 amide bonds. The minimum atomic E-state index is -4.82. The Morgan fingerprint density at radius 2 is 1.90 bits per heavy atom. The first-order valence-electron chi connectivity index (χ1n) is 9.07. The molecule has 0 radical (unpaired) electrons. The maximum atomic E-state index is 13.1. The molecule has 0 bridgehead atoms. The fraction of sp³-hybridized carbons (Fsp3) is 0.333. The van der Waals surface area contributed by atoms with E-state index in [9.17, 15) is 26.4 Å². The summed E-state index contributed by atoms with van der Waals surface area (Å²) in [5.41, 5.74) is -1.69. The van der Waals surface area contributed by atoms with Crippen LogP contribution in [0.5, 0.6) is 0 Å². The zero-order valence-electron chi connectivity index (χ0n) is 15.5. The Morgan fingerprint density at radius 3 is 2.53 bits per heavy atom. The maximum Gasteiger partial charge on any atom is 0.417 e. The van der Waals surface area contributed by atoms with Gasteiger partial charge in [-0.25, -0.2) is 22.6 Å². The first-order chi connectivity index (χ1) is 14.2. The molecule has 0 atom stereocenters. The summed E-state index contributed by atoms with van der Waals surface area (Å²) in [6.45, 7) is -0.465. The molecule has 1 aliphatic rings. The summed E-state index contributed by atoms with van der Waals surface area (Å²) in [7, 11) is -4.45. The van der Waals surface area contributed by atoms with Crippen LogP contribution < -0.4 is 10.4 Å². The summed E-state index contributed by atoms with van der Waals surface area (Å²) in [5, 5.41) is 4.22. The van der Waals surface area contributed by atoms with Gasteiger partial charge in [0.2, 0.25) is 15.8 Å². The van der Waals surface area contributed by atoms with E-state index in [1.165, 1.54) is 16.9 Å². The molecule has 30 heavy (non-hydrogen) atoms. The Bertz CT molecular complexity index is 1210. The molecule has 2 aromatic heterocycles. The van der Waals surface area contributed by atoms with Crippen LogP contribution in [0.3, 0.4) is 0 Å². The Hall–Kier alpha value is -2.86. The van der Waals surface area contributed by atoms with E-state index in [4.69, 9.17) is 4.42 Å². The lowest BCUT2D eigenvalue weighted by Gasteiger charge is -2.13. The summed E-state index contributed by atoms with van der Waals surface area (Å²) in [6.07, 6.45) is -1.73. The van der Waals surface area contributed by atoms with Crippen molar-refractivity contribution >= 4 is 10.0 Å². The molecular weight excluding hydrogens is 425 g/mol. The standard InChI is InChI=1S/C18H17F3N4O4S/c19-18(20,21)13-4-1-2-6-15(13)30(27,28)22-9-10-24-17(26)25(12-7-8-12)16(23-24)14-5-3-11-29-14/h1-6,11-12,22H,7-10H2. The van der Waals surface area contributed by atoms with Gasteiger partial charge in [0, 0.05) is 12.6 Å². The zero-order valence-corrected chi connectivity index (χ0v) is 16.3. The molecule has 3 aromatic rings. The van der Waals surface area contributed by atoms with E-state index in [1.54, 1.807) is 12.1 Å². The molecular formula is C18H17F3N4O4S. The molecule has 0 aliphatic heterocycles. The maximum absolute atomic E-state index is 13.1. The Morgan fingerprint density at radius 1 is 1.17 bits per heavy atom. The van der Waals surface area contributed by atoms with Crippen LogP contribution in [0.4, 0.5) is 13.2 Å². The molecule has 0 spiro atoms. The normalized spacial score (nSPS) is 14.9. The van der Waals surface area contributed by atoms with E-state index in [0.717, 1.165) is 29.7 Å². The fourth-order valence-electron chi connectivity index (χ4n) is 3.10. The lowest BCUT2D eigenvalue weighted by Crippen LogP contribution is -2.33. The Balaban J connectivity index is 1.54. The van der Waals surface area contributed by atoms with Crippen molar-refractivity contribution in [2.75, 3.05) is 6.54 Å². The smallest absolute Gasteiger partial charge is 0.417 e. The average molecular weight is 442 g/mol. The monoisotopic (exact) mass is 442 g/mol. The van der Waals surface area contributed by atoms with Gasteiger partial charge < -0.3 is 4.42 Å². The van der Waals surface area contributed by atoms with Gasteiger partial charge in [0.25, 0.3) is 0 Å². The van der Waals surface area contributed by atoms with Crippen molar-refractivity contribution < 1.29 is 26.0 Å². The molecule has 160 valence electrons. The molecule has 1 N–H and O–H groups in total. The Labute approximate surface area is 169 Å². The van der Waals surface area contributed by atoms with Gasteiger partial charge in [-0.05, 0) is 37.1 Å². The second-order valence-corrected chi connectivity index (χ2v) is 8.53. The molecule has 8 nitrogen and oxygen atoms in total. The topological polar surface area (TPSA) is 99.1 Å². The third kappa shape index (κ3) is 3.92. The van der Waals surface area contributed by atoms with Gasteiger partial charge in [0.15, 0.2) is 5.76 Å². The van der Waals surface area contributed by atoms with Crippen LogP contribution in [0.15, 0.2) is 56.8 Å². The van der Waals surface area contributed by atoms with Crippen LogP contribution in [0.2, 0.25) is 0 Å². The quantitative estimate of drug-likeness (QED) is 0.607. The largest absolute Gasteiger partial charge is 0.461 e. The number of hydrogen-bond donors (Lipinski definition) is 1. The van der Waals surface area contributed by atoms with Gasteiger partial charge in [-0.1, -0.05) is 12.1 Å². The van der Waals surface area contributed by atoms with Crippen molar-refractivity contribution in [1.29, 1.82) is 0 Å². The number of nitrogens with one attached hydrogen (secondary N) is 1. The van der Waals surface area contributed by atoms with Crippen molar-refractivity contribution in [3.8, 4) is 11.6 Å². The van der Waals surface area contributed by atoms with Gasteiger partial charge >= 0.3 is 11.9 Å². The number of furan rings is 1. The second-order valence-electron chi connectivity index (χ2n) is 6.80. The molecule has 1 fully saturated rings. The van der Waals surface area contributed by atoms with Crippen molar-refractivity contribution in [2.45, 2.75) is 36.5 Å². The number of sulfonamides is 1. The molecule has 4 rings (SSSR count). The van der Waals surface area contributed by atoms with Gasteiger partial charge in [0.05, 0.1) is 23.3 Å². The Kier molecular flexibility index (Phi) is 5.06. The lowest BCUT2D eigenvalue weighted by molar-refractivity contribution is -0.139. The van der Waals surface area contributed by atoms with Gasteiger partial charge in [-0.15, -0.1) is 5.10 Å². The molecule has 1 saturated carbocycles. The average Bonchev–Trinajstić information content (AvgIpc) is 3.26. The van der Waals surface area contributed by atoms with Crippen LogP contribution in [0.1, 0.15) is 24.4 Å². The van der Waals surface area contributed by atoms with E-state index in [2.05, 4.69) is 9.82 Å². The zero-order chi connectivity index (χ0) is 21.5. The predicted molar refractivity (Wildman–Crippen MR) is 99.1 cm³/mol. The minimum Gasteiger partial charge on any atom is -0.461 e. The van der Waals surface area contributed by atoms with E-state index in [1.807, 2.05) is 0 Å². The van der Waals surface area contributed by atoms with Crippen molar-refractivity contribution in [2.24, 2.45) is 0 Å². The summed E-state index contributed by atoms with van der Waals surface area (Å²) < 4.78 is 74.2. The molecule has 0 unspecified atom stereocenters. The molecule has 1 aliphatic carbocycles. The molecule has 12 heteroatoms. The van der Waals surface area contributed by atoms with Crippen molar-refractivity contribution in [3.05, 3.63) is 58.7 Å². The van der Waals surface area contributed by atoms with E-state index < -0.39 is 32.3 Å². The van der Waals surface area contributed by atoms with Crippen molar-refractivity contribution in [3.63, 3.8) is 0 Å². The molecule has 2 heterocycles. The highest BCUT2D eigenvalue weighted by Gasteiger charge is 2.37. The van der Waals surface area contributed by atoms with Crippen LogP contribution in [-0.2, 0) is 22.7 Å². The van der Waals surface area contributed by atoms with Crippen LogP contribution in [0.25, 0.3) is 11.6 Å². The highest BCUT2D eigenvalue weighted by Crippen LogP contribution is 2.36. The third-order valence-corrected chi connectivity index (χ3v) is 6.14. The minimum absolute atomic E-state index is 0.00158. The van der Waals surface area contributed by atoms with Gasteiger partial charge in [-0.2, -0.15) is 13.2 Å². The first-order valence-corrected chi connectivity index (χ1v) is 10.6. The SMILES string of the molecule is O=c1n(CCNS(=O)(=O)c2ccccc2C(F)(F)F)nc(-c2ccco2)n1C1CC1. The predicted octanol–water partition coefficient (Wildman–Crippen LogP) is 2.64. The highest BCUT2D eigenvalue weighted by molar-refractivity contribution is 7.89. The number of alkyl halides is 3. The number of nitrogens with zero attached hydrogens (tertiary/aromatic N) is 3. The van der Waals surface area contributed by atoms with Crippen molar-refractivity contribution in [1.82, 2.24) is 19.1 Å². The fourth-order valence-corrected chi connectivity index (χ4v) is 4.35. The summed E-state index contributed by atoms with van der Waals surface area (Å²) in [6, 6.07) is 7.22. The van der Waals surface area contributed by atoms with E-state index in [0.29, 0.717) is 17.7 Å². The van der Waals surface area contributed by atoms with E-state index >= 15 is 0 Å². The van der Waals surface area contributed by atoms with Crippen LogP contribution >= 0.6 is 0 Å². The number of rotatable bonds is 7. The molecule has 0 saturated heterocycles. The number of halogens is 3. The van der Waals surface area contributed by atoms with Gasteiger partial charge in [-0.3, -0.25) is 4.57 Å².